The Bertz CT molecular complexity index is 526. The second-order valence-electron chi connectivity index (χ2n) is 2.39. The van der Waals surface area contributed by atoms with E-state index in [9.17, 15) is 14.9 Å². The van der Waals surface area contributed by atoms with Gasteiger partial charge in [-0.25, -0.2) is 5.10 Å². The molecule has 0 aliphatic carbocycles. The molecule has 0 saturated carbocycles. The second-order valence-corrected chi connectivity index (χ2v) is 2.39. The van der Waals surface area contributed by atoms with Crippen molar-refractivity contribution in [3.05, 3.63) is 38.9 Å². The van der Waals surface area contributed by atoms with Crippen LogP contribution in [0.15, 0.2) is 23.3 Å². The van der Waals surface area contributed by atoms with E-state index in [0.717, 1.165) is 4.40 Å². The lowest BCUT2D eigenvalue weighted by Crippen LogP contribution is -2.11. The van der Waals surface area contributed by atoms with Crippen LogP contribution >= 0.6 is 0 Å². The van der Waals surface area contributed by atoms with E-state index in [2.05, 4.69) is 10.2 Å². The quantitative estimate of drug-likeness (QED) is 0.491. The minimum absolute atomic E-state index is 0.173. The zero-order chi connectivity index (χ0) is 9.42. The molecule has 0 fully saturated rings. The fraction of sp³-hybridized carbons (Fsp3) is 0. The minimum atomic E-state index is -0.575. The number of nitro groups is 1. The highest BCUT2D eigenvalue weighted by Gasteiger charge is 2.13. The summed E-state index contributed by atoms with van der Waals surface area (Å²) in [6.07, 6.45) is 1.19. The molecule has 0 amide bonds. The first-order valence-corrected chi connectivity index (χ1v) is 3.39. The number of hydrogen-bond donors (Lipinski definition) is 1. The van der Waals surface area contributed by atoms with E-state index in [1.165, 1.54) is 18.5 Å². The summed E-state index contributed by atoms with van der Waals surface area (Å²) in [6, 6.07) is 2.63. The molecular weight excluding hydrogens is 176 g/mol. The summed E-state index contributed by atoms with van der Waals surface area (Å²) in [5, 5.41) is 16.1. The van der Waals surface area contributed by atoms with Crippen LogP contribution in [-0.2, 0) is 0 Å². The highest BCUT2D eigenvalue weighted by Crippen LogP contribution is 2.12. The first-order valence-electron chi connectivity index (χ1n) is 3.39. The largest absolute Gasteiger partial charge is 0.358 e. The third-order valence-electron chi connectivity index (χ3n) is 1.66. The molecule has 0 spiro atoms. The molecule has 66 valence electrons. The van der Waals surface area contributed by atoms with Gasteiger partial charge in [0, 0.05) is 6.07 Å². The van der Waals surface area contributed by atoms with Crippen LogP contribution in [0.25, 0.3) is 5.52 Å². The smallest absolute Gasteiger partial charge is 0.329 e. The Labute approximate surface area is 70.8 Å². The predicted octanol–water partition coefficient (Wildman–Crippen LogP) is -0.0692. The van der Waals surface area contributed by atoms with Crippen molar-refractivity contribution < 1.29 is 4.92 Å². The van der Waals surface area contributed by atoms with Crippen LogP contribution in [0, 0.1) is 10.1 Å². The number of nitrogens with one attached hydrogen (secondary N) is 1. The molecule has 13 heavy (non-hydrogen) atoms. The molecule has 2 heterocycles. The van der Waals surface area contributed by atoms with Gasteiger partial charge in [0.2, 0.25) is 11.8 Å². The van der Waals surface area contributed by atoms with Crippen LogP contribution < -0.4 is 5.56 Å². The van der Waals surface area contributed by atoms with Gasteiger partial charge in [0.1, 0.15) is 0 Å². The molecular formula is C6H4N4O3. The van der Waals surface area contributed by atoms with Gasteiger partial charge in [0.25, 0.3) is 0 Å². The predicted molar refractivity (Wildman–Crippen MR) is 42.5 cm³/mol. The standard InChI is InChI=1S/C6H4N4O3/c11-6-4-1-2-5(10(12)13)9(4)3-7-8-6/h1-3H,(H,8,11). The first-order chi connectivity index (χ1) is 6.20. The lowest BCUT2D eigenvalue weighted by molar-refractivity contribution is -0.390. The van der Waals surface area contributed by atoms with Crippen LogP contribution in [-0.4, -0.2) is 19.5 Å². The molecule has 0 aliphatic heterocycles. The first kappa shape index (κ1) is 7.47. The summed E-state index contributed by atoms with van der Waals surface area (Å²) in [5.41, 5.74) is -0.239. The summed E-state index contributed by atoms with van der Waals surface area (Å²) < 4.78 is 1.12. The Morgan fingerprint density at radius 3 is 3.00 bits per heavy atom. The van der Waals surface area contributed by atoms with Crippen LogP contribution in [0.1, 0.15) is 0 Å². The summed E-state index contributed by atoms with van der Waals surface area (Å²) in [7, 11) is 0. The van der Waals surface area contributed by atoms with Crippen molar-refractivity contribution in [2.75, 3.05) is 0 Å². The molecule has 0 aliphatic rings. The average Bonchev–Trinajstić information content (AvgIpc) is 2.48. The molecule has 0 unspecified atom stereocenters. The van der Waals surface area contributed by atoms with E-state index in [1.807, 2.05) is 0 Å². The van der Waals surface area contributed by atoms with Gasteiger partial charge in [-0.15, -0.1) is 5.10 Å². The zero-order valence-corrected chi connectivity index (χ0v) is 6.30. The van der Waals surface area contributed by atoms with Gasteiger partial charge in [0.15, 0.2) is 0 Å². The molecule has 2 aromatic rings. The maximum absolute atomic E-state index is 11.1. The number of fused-ring (bicyclic) bond motifs is 1. The Hall–Kier alpha value is -2.18. The van der Waals surface area contributed by atoms with E-state index < -0.39 is 10.5 Å². The summed E-state index contributed by atoms with van der Waals surface area (Å²) in [6.45, 7) is 0. The Morgan fingerprint density at radius 2 is 2.31 bits per heavy atom. The van der Waals surface area contributed by atoms with Crippen LogP contribution in [0.2, 0.25) is 0 Å². The van der Waals surface area contributed by atoms with E-state index in [4.69, 9.17) is 0 Å². The molecule has 2 aromatic heterocycles. The number of hydrogen-bond acceptors (Lipinski definition) is 4. The maximum atomic E-state index is 11.1. The van der Waals surface area contributed by atoms with Gasteiger partial charge >= 0.3 is 11.4 Å². The fourth-order valence-electron chi connectivity index (χ4n) is 1.10. The number of aromatic nitrogens is 3. The number of aromatic amines is 1. The summed E-state index contributed by atoms with van der Waals surface area (Å²) in [4.78, 5) is 20.9. The van der Waals surface area contributed by atoms with Gasteiger partial charge in [0.05, 0.1) is 0 Å². The van der Waals surface area contributed by atoms with Crippen molar-refractivity contribution in [1.29, 1.82) is 0 Å². The van der Waals surface area contributed by atoms with Crippen molar-refractivity contribution in [2.24, 2.45) is 0 Å². The lowest BCUT2D eigenvalue weighted by Gasteiger charge is -1.91. The van der Waals surface area contributed by atoms with Gasteiger partial charge in [-0.05, 0) is 11.0 Å². The highest BCUT2D eigenvalue weighted by molar-refractivity contribution is 5.50. The van der Waals surface area contributed by atoms with Crippen molar-refractivity contribution >= 4 is 11.3 Å². The Balaban J connectivity index is 2.91. The van der Waals surface area contributed by atoms with E-state index in [0.29, 0.717) is 0 Å². The molecule has 2 rings (SSSR count). The normalized spacial score (nSPS) is 10.5. The Kier molecular flexibility index (Phi) is 1.38. The average molecular weight is 180 g/mol. The van der Waals surface area contributed by atoms with Gasteiger partial charge in [-0.3, -0.25) is 4.79 Å². The number of nitrogens with zero attached hydrogens (tertiary/aromatic N) is 3. The van der Waals surface area contributed by atoms with E-state index >= 15 is 0 Å². The van der Waals surface area contributed by atoms with Crippen molar-refractivity contribution in [3.63, 3.8) is 0 Å². The van der Waals surface area contributed by atoms with Gasteiger partial charge < -0.3 is 10.1 Å². The van der Waals surface area contributed by atoms with Crippen LogP contribution in [0.3, 0.4) is 0 Å². The van der Waals surface area contributed by atoms with Crippen LogP contribution in [0.5, 0.6) is 0 Å². The zero-order valence-electron chi connectivity index (χ0n) is 6.30. The Morgan fingerprint density at radius 1 is 1.54 bits per heavy atom. The maximum Gasteiger partial charge on any atom is 0.329 e. The summed E-state index contributed by atoms with van der Waals surface area (Å²) in [5.74, 6) is -0.173. The minimum Gasteiger partial charge on any atom is -0.358 e. The molecule has 0 bridgehead atoms. The lowest BCUT2D eigenvalue weighted by atomic mass is 10.5. The third kappa shape index (κ3) is 0.975. The monoisotopic (exact) mass is 180 g/mol. The fourth-order valence-corrected chi connectivity index (χ4v) is 1.10. The molecule has 1 N–H and O–H groups in total. The topological polar surface area (TPSA) is 93.3 Å². The van der Waals surface area contributed by atoms with Crippen molar-refractivity contribution in [2.45, 2.75) is 0 Å². The number of rotatable bonds is 1. The molecule has 0 radical (unpaired) electrons. The highest BCUT2D eigenvalue weighted by atomic mass is 16.6. The molecule has 7 heteroatoms. The SMILES string of the molecule is O=c1[nH]ncn2c([N+](=O)[O-])ccc12. The van der Waals surface area contributed by atoms with E-state index in [1.54, 1.807) is 0 Å². The molecule has 0 saturated heterocycles. The van der Waals surface area contributed by atoms with Crippen LogP contribution in [0.4, 0.5) is 5.82 Å². The van der Waals surface area contributed by atoms with Crippen molar-refractivity contribution in [3.8, 4) is 0 Å². The van der Waals surface area contributed by atoms with Gasteiger partial charge in [-0.1, -0.05) is 0 Å². The summed E-state index contributed by atoms with van der Waals surface area (Å²) >= 11 is 0. The molecule has 0 atom stereocenters. The van der Waals surface area contributed by atoms with Gasteiger partial charge in [-0.2, -0.15) is 4.40 Å². The van der Waals surface area contributed by atoms with Crippen molar-refractivity contribution in [1.82, 2.24) is 14.6 Å². The number of H-pyrrole nitrogens is 1. The molecule has 7 nitrogen and oxygen atoms in total. The molecule has 0 aromatic carbocycles. The third-order valence-corrected chi connectivity index (χ3v) is 1.66. The van der Waals surface area contributed by atoms with E-state index in [-0.39, 0.29) is 11.3 Å². The second kappa shape index (κ2) is 2.41.